The number of hydrogen-bond donors (Lipinski definition) is 1. The number of hydrogen-bond acceptors (Lipinski definition) is 2. The van der Waals surface area contributed by atoms with Gasteiger partial charge in [-0.2, -0.15) is 0 Å². The molecule has 0 aliphatic rings. The molecule has 4 heteroatoms. The Morgan fingerprint density at radius 1 is 1.30 bits per heavy atom. The van der Waals surface area contributed by atoms with Crippen molar-refractivity contribution in [1.82, 2.24) is 10.2 Å². The van der Waals surface area contributed by atoms with Crippen LogP contribution >= 0.6 is 0 Å². The quantitative estimate of drug-likeness (QED) is 0.898. The van der Waals surface area contributed by atoms with Crippen molar-refractivity contribution in [1.29, 1.82) is 0 Å². The van der Waals surface area contributed by atoms with E-state index in [-0.39, 0.29) is 23.3 Å². The number of carbonyl (C=O) groups excluding carboxylic acids is 1. The van der Waals surface area contributed by atoms with E-state index in [1.54, 1.807) is 24.1 Å². The maximum Gasteiger partial charge on any atom is 0.224 e. The summed E-state index contributed by atoms with van der Waals surface area (Å²) >= 11 is 0. The van der Waals surface area contributed by atoms with Crippen LogP contribution in [0.1, 0.15) is 45.7 Å². The highest BCUT2D eigenvalue weighted by molar-refractivity contribution is 5.76. The van der Waals surface area contributed by atoms with Gasteiger partial charge < -0.3 is 10.2 Å². The van der Waals surface area contributed by atoms with Crippen LogP contribution in [0.3, 0.4) is 0 Å². The fourth-order valence-corrected chi connectivity index (χ4v) is 1.90. The van der Waals surface area contributed by atoms with Gasteiger partial charge in [-0.05, 0) is 45.4 Å². The molecule has 1 rings (SSSR count). The Morgan fingerprint density at radius 2 is 1.85 bits per heavy atom. The molecule has 20 heavy (non-hydrogen) atoms. The largest absolute Gasteiger partial charge is 0.339 e. The molecule has 0 aliphatic heterocycles. The summed E-state index contributed by atoms with van der Waals surface area (Å²) in [6.45, 7) is 8.82. The Morgan fingerprint density at radius 3 is 2.35 bits per heavy atom. The minimum atomic E-state index is -0.260. The van der Waals surface area contributed by atoms with Crippen LogP contribution in [-0.4, -0.2) is 29.9 Å². The lowest BCUT2D eigenvalue weighted by atomic mass is 10.1. The molecule has 0 spiro atoms. The van der Waals surface area contributed by atoms with Crippen LogP contribution in [0.5, 0.6) is 0 Å². The number of nitrogens with one attached hydrogen (secondary N) is 1. The van der Waals surface area contributed by atoms with E-state index in [4.69, 9.17) is 0 Å². The molecular weight excluding hydrogens is 255 g/mol. The third kappa shape index (κ3) is 5.29. The molecule has 3 nitrogen and oxygen atoms in total. The minimum absolute atomic E-state index is 0.0153. The normalized spacial score (nSPS) is 13.1. The van der Waals surface area contributed by atoms with Crippen molar-refractivity contribution in [2.45, 2.75) is 45.7 Å². The molecule has 1 N–H and O–H groups in total. The summed E-state index contributed by atoms with van der Waals surface area (Å²) < 4.78 is 12.9. The zero-order chi connectivity index (χ0) is 15.3. The first-order valence-electron chi connectivity index (χ1n) is 6.97. The van der Waals surface area contributed by atoms with Gasteiger partial charge in [0.25, 0.3) is 0 Å². The van der Waals surface area contributed by atoms with Crippen LogP contribution in [-0.2, 0) is 4.79 Å². The average Bonchev–Trinajstić information content (AvgIpc) is 2.36. The lowest BCUT2D eigenvalue weighted by molar-refractivity contribution is -0.131. The lowest BCUT2D eigenvalue weighted by Crippen LogP contribution is -2.39. The van der Waals surface area contributed by atoms with E-state index in [0.717, 1.165) is 5.56 Å². The number of benzene rings is 1. The van der Waals surface area contributed by atoms with Gasteiger partial charge in [-0.15, -0.1) is 0 Å². The number of amides is 1. The van der Waals surface area contributed by atoms with Crippen LogP contribution in [0.15, 0.2) is 24.3 Å². The van der Waals surface area contributed by atoms with Gasteiger partial charge in [0.2, 0.25) is 5.91 Å². The van der Waals surface area contributed by atoms with Crippen molar-refractivity contribution >= 4 is 5.91 Å². The first-order valence-corrected chi connectivity index (χ1v) is 6.97. The molecule has 0 aliphatic carbocycles. The molecule has 1 unspecified atom stereocenters. The first-order chi connectivity index (χ1) is 9.20. The van der Waals surface area contributed by atoms with E-state index in [1.807, 2.05) is 6.92 Å². The van der Waals surface area contributed by atoms with Crippen molar-refractivity contribution < 1.29 is 9.18 Å². The zero-order valence-electron chi connectivity index (χ0n) is 13.0. The Kier molecular flexibility index (Phi) is 5.69. The molecule has 0 fully saturated rings. The highest BCUT2D eigenvalue weighted by Crippen LogP contribution is 2.19. The van der Waals surface area contributed by atoms with Crippen molar-refractivity contribution in [3.8, 4) is 0 Å². The second-order valence-electron chi connectivity index (χ2n) is 6.16. The van der Waals surface area contributed by atoms with Crippen molar-refractivity contribution in [2.24, 2.45) is 0 Å². The van der Waals surface area contributed by atoms with Gasteiger partial charge in [0.1, 0.15) is 5.82 Å². The summed E-state index contributed by atoms with van der Waals surface area (Å²) in [5.74, 6) is -0.178. The Labute approximate surface area is 121 Å². The van der Waals surface area contributed by atoms with Gasteiger partial charge >= 0.3 is 0 Å². The summed E-state index contributed by atoms with van der Waals surface area (Å²) in [5, 5.41) is 3.30. The SMILES string of the molecule is CC(c1ccc(F)cc1)N(C)C(=O)CCNC(C)(C)C. The average molecular weight is 280 g/mol. The molecule has 0 aromatic heterocycles. The van der Waals surface area contributed by atoms with Crippen molar-refractivity contribution in [2.75, 3.05) is 13.6 Å². The zero-order valence-corrected chi connectivity index (χ0v) is 13.0. The van der Waals surface area contributed by atoms with Crippen LogP contribution in [0.2, 0.25) is 0 Å². The first kappa shape index (κ1) is 16.6. The van der Waals surface area contributed by atoms with E-state index >= 15 is 0 Å². The van der Waals surface area contributed by atoms with E-state index < -0.39 is 0 Å². The predicted molar refractivity (Wildman–Crippen MR) is 80.0 cm³/mol. The number of carbonyl (C=O) groups is 1. The van der Waals surface area contributed by atoms with Crippen LogP contribution in [0, 0.1) is 5.82 Å². The molecule has 0 saturated carbocycles. The molecule has 1 aromatic carbocycles. The summed E-state index contributed by atoms with van der Waals surface area (Å²) in [5.41, 5.74) is 0.951. The van der Waals surface area contributed by atoms with Gasteiger partial charge in [0.15, 0.2) is 0 Å². The molecule has 112 valence electrons. The van der Waals surface area contributed by atoms with Gasteiger partial charge in [-0.25, -0.2) is 4.39 Å². The number of nitrogens with zero attached hydrogens (tertiary/aromatic N) is 1. The Bertz CT molecular complexity index is 437. The second kappa shape index (κ2) is 6.84. The highest BCUT2D eigenvalue weighted by Gasteiger charge is 2.18. The highest BCUT2D eigenvalue weighted by atomic mass is 19.1. The second-order valence-corrected chi connectivity index (χ2v) is 6.16. The van der Waals surface area contributed by atoms with Crippen LogP contribution in [0.25, 0.3) is 0 Å². The Balaban J connectivity index is 2.53. The topological polar surface area (TPSA) is 32.3 Å². The number of rotatable bonds is 5. The molecule has 0 heterocycles. The summed E-state index contributed by atoms with van der Waals surface area (Å²) in [4.78, 5) is 13.8. The molecule has 1 amide bonds. The minimum Gasteiger partial charge on any atom is -0.339 e. The Hall–Kier alpha value is -1.42. The van der Waals surface area contributed by atoms with Gasteiger partial charge in [0, 0.05) is 25.6 Å². The molecule has 0 radical (unpaired) electrons. The van der Waals surface area contributed by atoms with E-state index in [1.165, 1.54) is 12.1 Å². The smallest absolute Gasteiger partial charge is 0.224 e. The van der Waals surface area contributed by atoms with Crippen LogP contribution in [0.4, 0.5) is 4.39 Å². The maximum atomic E-state index is 12.9. The van der Waals surface area contributed by atoms with Gasteiger partial charge in [-0.3, -0.25) is 4.79 Å². The summed E-state index contributed by atoms with van der Waals surface area (Å²) in [6.07, 6.45) is 0.458. The third-order valence-electron chi connectivity index (χ3n) is 3.32. The van der Waals surface area contributed by atoms with Crippen molar-refractivity contribution in [3.05, 3.63) is 35.6 Å². The number of halogens is 1. The van der Waals surface area contributed by atoms with E-state index in [9.17, 15) is 9.18 Å². The summed E-state index contributed by atoms with van der Waals surface area (Å²) in [7, 11) is 1.79. The summed E-state index contributed by atoms with van der Waals surface area (Å²) in [6, 6.07) is 6.23. The molecule has 1 aromatic rings. The predicted octanol–water partition coefficient (Wildman–Crippen LogP) is 3.12. The fraction of sp³-hybridized carbons (Fsp3) is 0.562. The monoisotopic (exact) mass is 280 g/mol. The third-order valence-corrected chi connectivity index (χ3v) is 3.32. The van der Waals surface area contributed by atoms with Crippen LogP contribution < -0.4 is 5.32 Å². The molecular formula is C16H25FN2O. The lowest BCUT2D eigenvalue weighted by Gasteiger charge is -2.26. The maximum absolute atomic E-state index is 12.9. The van der Waals surface area contributed by atoms with E-state index in [2.05, 4.69) is 26.1 Å². The van der Waals surface area contributed by atoms with E-state index in [0.29, 0.717) is 13.0 Å². The van der Waals surface area contributed by atoms with Gasteiger partial charge in [-0.1, -0.05) is 12.1 Å². The van der Waals surface area contributed by atoms with Crippen molar-refractivity contribution in [3.63, 3.8) is 0 Å². The molecule has 0 bridgehead atoms. The fourth-order valence-electron chi connectivity index (χ4n) is 1.90. The standard InChI is InChI=1S/C16H25FN2O/c1-12(13-6-8-14(17)9-7-13)19(5)15(20)10-11-18-16(2,3)4/h6-9,12,18H,10-11H2,1-5H3. The molecule has 0 saturated heterocycles. The molecule has 1 atom stereocenters. The van der Waals surface area contributed by atoms with Gasteiger partial charge in [0.05, 0.1) is 6.04 Å².